The first-order valence-electron chi connectivity index (χ1n) is 7.71. The van der Waals surface area contributed by atoms with Gasteiger partial charge < -0.3 is 19.3 Å². The van der Waals surface area contributed by atoms with E-state index in [1.54, 1.807) is 13.0 Å². The molecule has 1 atom stereocenters. The minimum atomic E-state index is -0.965. The fourth-order valence-electron chi connectivity index (χ4n) is 2.11. The Kier molecular flexibility index (Phi) is 6.44. The summed E-state index contributed by atoms with van der Waals surface area (Å²) in [4.78, 5) is 20.4. The van der Waals surface area contributed by atoms with Gasteiger partial charge in [-0.15, -0.1) is 11.8 Å². The van der Waals surface area contributed by atoms with Crippen LogP contribution in [0.2, 0.25) is 0 Å². The van der Waals surface area contributed by atoms with Crippen molar-refractivity contribution in [2.24, 2.45) is 4.99 Å². The molecule has 132 valence electrons. The van der Waals surface area contributed by atoms with Crippen LogP contribution >= 0.6 is 11.8 Å². The highest BCUT2D eigenvalue weighted by Gasteiger charge is 2.40. The number of pyridine rings is 1. The molecule has 0 fully saturated rings. The number of hydrogen-bond acceptors (Lipinski definition) is 8. The highest BCUT2D eigenvalue weighted by atomic mass is 32.2. The third kappa shape index (κ3) is 4.18. The first-order chi connectivity index (χ1) is 11.5. The Labute approximate surface area is 145 Å². The van der Waals surface area contributed by atoms with Gasteiger partial charge in [0.25, 0.3) is 0 Å². The van der Waals surface area contributed by atoms with E-state index in [-0.39, 0.29) is 5.75 Å². The Morgan fingerprint density at radius 1 is 1.42 bits per heavy atom. The number of aromatic nitrogens is 1. The van der Waals surface area contributed by atoms with Crippen LogP contribution in [-0.2, 0) is 14.3 Å². The van der Waals surface area contributed by atoms with Crippen molar-refractivity contribution < 1.29 is 24.1 Å². The first-order valence-corrected chi connectivity index (χ1v) is 8.70. The largest absolute Gasteiger partial charge is 0.503 e. The van der Waals surface area contributed by atoms with E-state index in [4.69, 9.17) is 14.2 Å². The van der Waals surface area contributed by atoms with Gasteiger partial charge in [0, 0.05) is 24.6 Å². The van der Waals surface area contributed by atoms with Gasteiger partial charge in [0.15, 0.2) is 17.0 Å². The summed E-state index contributed by atoms with van der Waals surface area (Å²) in [6.07, 6.45) is 2.48. The third-order valence-corrected chi connectivity index (χ3v) is 4.65. The number of carbonyl (C=O) groups excluding carboxylic acids is 1. The fraction of sp³-hybridized carbons (Fsp3) is 0.562. The summed E-state index contributed by atoms with van der Waals surface area (Å²) in [5.74, 6) is 0.250. The molecule has 1 aromatic rings. The van der Waals surface area contributed by atoms with Crippen LogP contribution in [0.3, 0.4) is 0 Å². The molecule has 1 aromatic heterocycles. The van der Waals surface area contributed by atoms with Crippen molar-refractivity contribution in [3.8, 4) is 11.5 Å². The zero-order chi connectivity index (χ0) is 17.6. The second-order valence-electron chi connectivity index (χ2n) is 5.44. The number of rotatable bonds is 8. The van der Waals surface area contributed by atoms with Crippen molar-refractivity contribution >= 4 is 22.8 Å². The van der Waals surface area contributed by atoms with Gasteiger partial charge in [-0.2, -0.15) is 0 Å². The van der Waals surface area contributed by atoms with Crippen LogP contribution in [0.25, 0.3) is 0 Å². The van der Waals surface area contributed by atoms with Crippen LogP contribution in [0, 0.1) is 0 Å². The Balaban J connectivity index is 2.10. The maximum Gasteiger partial charge on any atom is 0.334 e. The minimum absolute atomic E-state index is 0.0895. The van der Waals surface area contributed by atoms with Crippen molar-refractivity contribution in [2.75, 3.05) is 32.7 Å². The Hall–Kier alpha value is -1.80. The van der Waals surface area contributed by atoms with Gasteiger partial charge >= 0.3 is 5.97 Å². The monoisotopic (exact) mass is 354 g/mol. The number of hydrogen-bond donors (Lipinski definition) is 1. The molecule has 1 N–H and O–H groups in total. The molecule has 2 rings (SSSR count). The van der Waals surface area contributed by atoms with E-state index < -0.39 is 11.5 Å². The Bertz CT molecular complexity index is 622. The van der Waals surface area contributed by atoms with Gasteiger partial charge in [-0.05, 0) is 13.3 Å². The van der Waals surface area contributed by atoms with Crippen molar-refractivity contribution in [1.82, 2.24) is 4.98 Å². The number of carbonyl (C=O) groups is 1. The molecule has 0 saturated carbocycles. The molecule has 24 heavy (non-hydrogen) atoms. The van der Waals surface area contributed by atoms with Crippen LogP contribution in [0.15, 0.2) is 17.3 Å². The first kappa shape index (κ1) is 18.5. The fourth-order valence-corrected chi connectivity index (χ4v) is 3.26. The zero-order valence-corrected chi connectivity index (χ0v) is 14.9. The quantitative estimate of drug-likeness (QED) is 0.564. The third-order valence-electron chi connectivity index (χ3n) is 3.39. The number of thioether (sulfide) groups is 1. The number of nitrogens with zero attached hydrogens (tertiary/aromatic N) is 2. The number of ether oxygens (including phenoxy) is 3. The van der Waals surface area contributed by atoms with Crippen LogP contribution in [0.5, 0.6) is 11.5 Å². The summed E-state index contributed by atoms with van der Waals surface area (Å²) in [6.45, 7) is 5.18. The molecule has 0 radical (unpaired) electrons. The highest BCUT2D eigenvalue weighted by Crippen LogP contribution is 2.37. The van der Waals surface area contributed by atoms with Gasteiger partial charge in [0.05, 0.1) is 13.7 Å². The van der Waals surface area contributed by atoms with Crippen LogP contribution in [0.1, 0.15) is 26.0 Å². The van der Waals surface area contributed by atoms with Crippen molar-refractivity contribution in [1.29, 1.82) is 0 Å². The lowest BCUT2D eigenvalue weighted by atomic mass is 10.1. The van der Waals surface area contributed by atoms with E-state index in [2.05, 4.69) is 9.98 Å². The standard InChI is InChI=1S/C16H22N2O5S/c1-4-7-22-8-9-23-11-5-6-17-12(13(11)19)14-18-16(2,10-24-14)15(20)21-3/h5-6,19H,4,7-10H2,1-3H3/t16-/m1/s1. The SMILES string of the molecule is CCCOCCOc1ccnc(C2=N[C@@](C)(C(=O)OC)CS2)c1O. The van der Waals surface area contributed by atoms with E-state index >= 15 is 0 Å². The smallest absolute Gasteiger partial charge is 0.334 e. The zero-order valence-electron chi connectivity index (χ0n) is 14.1. The molecule has 0 aromatic carbocycles. The van der Waals surface area contributed by atoms with E-state index in [9.17, 15) is 9.90 Å². The normalized spacial score (nSPS) is 19.9. The van der Waals surface area contributed by atoms with Gasteiger partial charge in [-0.25, -0.2) is 9.78 Å². The molecule has 8 heteroatoms. The predicted octanol–water partition coefficient (Wildman–Crippen LogP) is 2.02. The second kappa shape index (κ2) is 8.34. The molecule has 0 saturated heterocycles. The van der Waals surface area contributed by atoms with Crippen LogP contribution in [-0.4, -0.2) is 59.3 Å². The summed E-state index contributed by atoms with van der Waals surface area (Å²) in [7, 11) is 1.33. The Morgan fingerprint density at radius 3 is 2.92 bits per heavy atom. The molecule has 0 bridgehead atoms. The van der Waals surface area contributed by atoms with Gasteiger partial charge in [0.1, 0.15) is 17.3 Å². The van der Waals surface area contributed by atoms with Crippen molar-refractivity contribution in [3.05, 3.63) is 18.0 Å². The van der Waals surface area contributed by atoms with Gasteiger partial charge in [-0.1, -0.05) is 6.92 Å². The molecule has 0 aliphatic carbocycles. The summed E-state index contributed by atoms with van der Waals surface area (Å²) in [5.41, 5.74) is -0.659. The summed E-state index contributed by atoms with van der Waals surface area (Å²) >= 11 is 1.35. The predicted molar refractivity (Wildman–Crippen MR) is 91.9 cm³/mol. The molecule has 7 nitrogen and oxygen atoms in total. The lowest BCUT2D eigenvalue weighted by molar-refractivity contribution is -0.145. The van der Waals surface area contributed by atoms with Crippen molar-refractivity contribution in [2.45, 2.75) is 25.8 Å². The van der Waals surface area contributed by atoms with Crippen LogP contribution in [0.4, 0.5) is 0 Å². The van der Waals surface area contributed by atoms with E-state index in [1.807, 2.05) is 6.92 Å². The van der Waals surface area contributed by atoms with Gasteiger partial charge in [-0.3, -0.25) is 4.99 Å². The number of aromatic hydroxyl groups is 1. The molecular weight excluding hydrogens is 332 g/mol. The molecular formula is C16H22N2O5S. The summed E-state index contributed by atoms with van der Waals surface area (Å²) < 4.78 is 15.7. The lowest BCUT2D eigenvalue weighted by Crippen LogP contribution is -2.34. The number of esters is 1. The van der Waals surface area contributed by atoms with Crippen molar-refractivity contribution in [3.63, 3.8) is 0 Å². The average Bonchev–Trinajstić information content (AvgIpc) is 2.98. The highest BCUT2D eigenvalue weighted by molar-refractivity contribution is 8.14. The summed E-state index contributed by atoms with van der Waals surface area (Å²) in [5, 5.41) is 10.9. The summed E-state index contributed by atoms with van der Waals surface area (Å²) in [6, 6.07) is 1.58. The van der Waals surface area contributed by atoms with E-state index in [0.29, 0.717) is 42.1 Å². The minimum Gasteiger partial charge on any atom is -0.503 e. The number of methoxy groups -OCH3 is 1. The topological polar surface area (TPSA) is 90.2 Å². The maximum absolute atomic E-state index is 11.8. The van der Waals surface area contributed by atoms with Gasteiger partial charge in [0.2, 0.25) is 0 Å². The molecule has 1 aliphatic heterocycles. The molecule has 0 spiro atoms. The Morgan fingerprint density at radius 2 is 2.21 bits per heavy atom. The molecule has 0 unspecified atom stereocenters. The lowest BCUT2D eigenvalue weighted by Gasteiger charge is -2.15. The van der Waals surface area contributed by atoms with E-state index in [1.165, 1.54) is 25.1 Å². The second-order valence-corrected chi connectivity index (χ2v) is 6.40. The maximum atomic E-state index is 11.8. The molecule has 1 aliphatic rings. The van der Waals surface area contributed by atoms with Crippen LogP contribution < -0.4 is 4.74 Å². The van der Waals surface area contributed by atoms with E-state index in [0.717, 1.165) is 6.42 Å². The number of aliphatic imine (C=N–C) groups is 1. The molecule has 2 heterocycles. The molecule has 0 amide bonds. The average molecular weight is 354 g/mol.